The van der Waals surface area contributed by atoms with Crippen LogP contribution in [0.3, 0.4) is 0 Å². The number of pyridine rings is 1. The van der Waals surface area contributed by atoms with E-state index in [4.69, 9.17) is 4.74 Å². The Morgan fingerprint density at radius 2 is 1.67 bits per heavy atom. The molecule has 0 saturated carbocycles. The zero-order valence-electron chi connectivity index (χ0n) is 18.1. The predicted molar refractivity (Wildman–Crippen MR) is 120 cm³/mol. The number of piperidine rings is 1. The summed E-state index contributed by atoms with van der Waals surface area (Å²) in [5.41, 5.74) is 4.51. The summed E-state index contributed by atoms with van der Waals surface area (Å²) in [5, 5.41) is 0. The second-order valence-corrected chi connectivity index (χ2v) is 9.49. The van der Waals surface area contributed by atoms with Crippen molar-refractivity contribution >= 4 is 0 Å². The Labute approximate surface area is 181 Å². The molecule has 0 spiro atoms. The lowest BCUT2D eigenvalue weighted by Gasteiger charge is -2.38. The van der Waals surface area contributed by atoms with E-state index in [2.05, 4.69) is 51.2 Å². The smallest absolute Gasteiger partial charge is 0.0702 e. The molecule has 1 aliphatic carbocycles. The Morgan fingerprint density at radius 1 is 0.933 bits per heavy atom. The maximum atomic E-state index is 5.96. The van der Waals surface area contributed by atoms with Crippen LogP contribution in [-0.2, 0) is 24.1 Å². The zero-order valence-corrected chi connectivity index (χ0v) is 18.1. The van der Waals surface area contributed by atoms with Crippen molar-refractivity contribution in [2.24, 2.45) is 5.92 Å². The van der Waals surface area contributed by atoms with E-state index in [9.17, 15) is 0 Å². The van der Waals surface area contributed by atoms with Crippen LogP contribution in [0.5, 0.6) is 0 Å². The maximum absolute atomic E-state index is 5.96. The fourth-order valence-corrected chi connectivity index (χ4v) is 5.69. The average molecular weight is 406 g/mol. The number of rotatable bonds is 7. The van der Waals surface area contributed by atoms with Gasteiger partial charge in [0.2, 0.25) is 0 Å². The molecule has 0 radical (unpaired) electrons. The van der Waals surface area contributed by atoms with Gasteiger partial charge in [-0.05, 0) is 86.4 Å². The van der Waals surface area contributed by atoms with Crippen molar-refractivity contribution in [3.05, 3.63) is 65.5 Å². The Kier molecular flexibility index (Phi) is 6.45. The Hall–Kier alpha value is -1.75. The van der Waals surface area contributed by atoms with Gasteiger partial charge >= 0.3 is 0 Å². The van der Waals surface area contributed by atoms with E-state index in [0.29, 0.717) is 6.10 Å². The molecule has 30 heavy (non-hydrogen) atoms. The first-order valence-corrected chi connectivity index (χ1v) is 11.9. The van der Waals surface area contributed by atoms with Gasteiger partial charge in [0.05, 0.1) is 6.10 Å². The van der Waals surface area contributed by atoms with Gasteiger partial charge in [0.25, 0.3) is 0 Å². The number of fused-ring (bicyclic) bond motifs is 1. The molecule has 0 amide bonds. The summed E-state index contributed by atoms with van der Waals surface area (Å²) in [6.07, 6.45) is 11.8. The van der Waals surface area contributed by atoms with Crippen LogP contribution in [0.25, 0.3) is 0 Å². The van der Waals surface area contributed by atoms with Gasteiger partial charge in [0.15, 0.2) is 0 Å². The van der Waals surface area contributed by atoms with Crippen molar-refractivity contribution in [2.45, 2.75) is 57.2 Å². The molecular weight excluding hydrogens is 370 g/mol. The molecule has 2 saturated heterocycles. The van der Waals surface area contributed by atoms with Crippen molar-refractivity contribution in [3.63, 3.8) is 0 Å². The summed E-state index contributed by atoms with van der Waals surface area (Å²) in [6, 6.07) is 14.1. The number of likely N-dealkylation sites (tertiary alicyclic amines) is 1. The fourth-order valence-electron chi connectivity index (χ4n) is 5.69. The lowest BCUT2D eigenvalue weighted by Crippen LogP contribution is -2.44. The van der Waals surface area contributed by atoms with Crippen LogP contribution in [0.15, 0.2) is 48.8 Å². The minimum absolute atomic E-state index is 0.420. The number of nitrogens with zero attached hydrogens (tertiary/aromatic N) is 3. The van der Waals surface area contributed by atoms with Crippen LogP contribution in [0.2, 0.25) is 0 Å². The highest BCUT2D eigenvalue weighted by Crippen LogP contribution is 2.29. The van der Waals surface area contributed by atoms with E-state index in [1.54, 1.807) is 11.1 Å². The van der Waals surface area contributed by atoms with Gasteiger partial charge in [-0.2, -0.15) is 0 Å². The molecule has 3 aliphatic rings. The van der Waals surface area contributed by atoms with E-state index in [1.165, 1.54) is 63.7 Å². The van der Waals surface area contributed by atoms with Crippen molar-refractivity contribution in [1.82, 2.24) is 14.8 Å². The fraction of sp³-hybridized carbons (Fsp3) is 0.577. The van der Waals surface area contributed by atoms with Gasteiger partial charge in [-0.1, -0.05) is 24.3 Å². The summed E-state index contributed by atoms with van der Waals surface area (Å²) >= 11 is 0. The molecule has 2 aliphatic heterocycles. The number of ether oxygens (including phenoxy) is 1. The van der Waals surface area contributed by atoms with Crippen LogP contribution in [-0.4, -0.2) is 59.7 Å². The standard InChI is InChI=1S/C26H35N3O/c1-2-5-24-17-25(16-23(24)4-1)29-13-9-22(10-14-29)19-28(20-26-6-3-15-30-26)18-21-7-11-27-12-8-21/h1-2,4-5,7-8,11-12,22,25-26H,3,6,9-10,13-20H2. The molecule has 1 atom stereocenters. The van der Waals surface area contributed by atoms with Crippen molar-refractivity contribution < 1.29 is 4.74 Å². The summed E-state index contributed by atoms with van der Waals surface area (Å²) in [6.45, 7) is 6.73. The van der Waals surface area contributed by atoms with Gasteiger partial charge in [0.1, 0.15) is 0 Å². The molecule has 1 unspecified atom stereocenters. The number of aromatic nitrogens is 1. The molecule has 3 heterocycles. The minimum atomic E-state index is 0.420. The number of benzene rings is 1. The molecule has 1 aromatic heterocycles. The quantitative estimate of drug-likeness (QED) is 0.698. The summed E-state index contributed by atoms with van der Waals surface area (Å²) in [5.74, 6) is 0.799. The molecule has 2 aromatic rings. The molecule has 1 aromatic carbocycles. The monoisotopic (exact) mass is 405 g/mol. The third-order valence-corrected chi connectivity index (χ3v) is 7.35. The topological polar surface area (TPSA) is 28.6 Å². The Morgan fingerprint density at radius 3 is 2.33 bits per heavy atom. The van der Waals surface area contributed by atoms with Crippen molar-refractivity contribution in [2.75, 3.05) is 32.8 Å². The van der Waals surface area contributed by atoms with Crippen LogP contribution >= 0.6 is 0 Å². The molecule has 5 rings (SSSR count). The second-order valence-electron chi connectivity index (χ2n) is 9.49. The highest BCUT2D eigenvalue weighted by molar-refractivity contribution is 5.33. The molecule has 2 fully saturated rings. The number of hydrogen-bond donors (Lipinski definition) is 0. The predicted octanol–water partition coefficient (Wildman–Crippen LogP) is 3.94. The zero-order chi connectivity index (χ0) is 20.2. The summed E-state index contributed by atoms with van der Waals surface area (Å²) in [7, 11) is 0. The van der Waals surface area contributed by atoms with E-state index in [-0.39, 0.29) is 0 Å². The van der Waals surface area contributed by atoms with Gasteiger partial charge in [-0.15, -0.1) is 0 Å². The maximum Gasteiger partial charge on any atom is 0.0702 e. The van der Waals surface area contributed by atoms with E-state index < -0.39 is 0 Å². The highest BCUT2D eigenvalue weighted by Gasteiger charge is 2.30. The van der Waals surface area contributed by atoms with Gasteiger partial charge in [-0.25, -0.2) is 0 Å². The highest BCUT2D eigenvalue weighted by atomic mass is 16.5. The number of hydrogen-bond acceptors (Lipinski definition) is 4. The Balaban J connectivity index is 1.15. The SMILES string of the molecule is c1ccc2c(c1)CC(N1CCC(CN(Cc3ccncc3)CC3CCCO3)CC1)C2. The lowest BCUT2D eigenvalue weighted by molar-refractivity contribution is 0.0541. The molecule has 0 bridgehead atoms. The van der Waals surface area contributed by atoms with Crippen LogP contribution in [0.1, 0.15) is 42.4 Å². The summed E-state index contributed by atoms with van der Waals surface area (Å²) < 4.78 is 5.96. The normalized spacial score (nSPS) is 23.3. The Bertz CT molecular complexity index is 772. The third kappa shape index (κ3) is 4.93. The first-order valence-electron chi connectivity index (χ1n) is 11.9. The van der Waals surface area contributed by atoms with E-state index >= 15 is 0 Å². The molecule has 160 valence electrons. The van der Waals surface area contributed by atoms with Gasteiger partial charge in [0, 0.05) is 44.7 Å². The van der Waals surface area contributed by atoms with Crippen LogP contribution < -0.4 is 0 Å². The largest absolute Gasteiger partial charge is 0.377 e. The first-order chi connectivity index (χ1) is 14.8. The second kappa shape index (κ2) is 9.59. The van der Waals surface area contributed by atoms with Gasteiger partial charge < -0.3 is 4.74 Å². The van der Waals surface area contributed by atoms with Crippen LogP contribution in [0, 0.1) is 5.92 Å². The first kappa shape index (κ1) is 20.2. The molecule has 4 heteroatoms. The minimum Gasteiger partial charge on any atom is -0.377 e. The van der Waals surface area contributed by atoms with E-state index in [1.807, 2.05) is 12.4 Å². The lowest BCUT2D eigenvalue weighted by atomic mass is 9.94. The van der Waals surface area contributed by atoms with Crippen LogP contribution in [0.4, 0.5) is 0 Å². The molecule has 4 nitrogen and oxygen atoms in total. The molecular formula is C26H35N3O. The third-order valence-electron chi connectivity index (χ3n) is 7.35. The van der Waals surface area contributed by atoms with Gasteiger partial charge in [-0.3, -0.25) is 14.8 Å². The van der Waals surface area contributed by atoms with E-state index in [0.717, 1.165) is 31.7 Å². The average Bonchev–Trinajstić information content (AvgIpc) is 3.44. The molecule has 0 N–H and O–H groups in total. The summed E-state index contributed by atoms with van der Waals surface area (Å²) in [4.78, 5) is 9.60. The van der Waals surface area contributed by atoms with Crippen molar-refractivity contribution in [1.29, 1.82) is 0 Å². The van der Waals surface area contributed by atoms with Crippen molar-refractivity contribution in [3.8, 4) is 0 Å².